The Hall–Kier alpha value is -2.29. The van der Waals surface area contributed by atoms with E-state index in [0.717, 1.165) is 18.6 Å². The zero-order valence-corrected chi connectivity index (χ0v) is 14.4. The van der Waals surface area contributed by atoms with Crippen LogP contribution < -0.4 is 10.1 Å². The normalized spacial score (nSPS) is 15.1. The van der Waals surface area contributed by atoms with Crippen LogP contribution in [-0.2, 0) is 10.2 Å². The quantitative estimate of drug-likeness (QED) is 0.835. The van der Waals surface area contributed by atoms with Crippen molar-refractivity contribution in [2.24, 2.45) is 0 Å². The molecule has 0 aromatic heterocycles. The topological polar surface area (TPSA) is 38.3 Å². The lowest BCUT2D eigenvalue weighted by atomic mass is 9.96. The maximum Gasteiger partial charge on any atom is 0.257 e. The summed E-state index contributed by atoms with van der Waals surface area (Å²) in [6.07, 6.45) is 2.27. The molecule has 0 radical (unpaired) electrons. The van der Waals surface area contributed by atoms with Crippen molar-refractivity contribution in [2.75, 3.05) is 13.2 Å². The number of ether oxygens (including phenoxy) is 1. The Bertz CT molecular complexity index is 690. The molecule has 0 bridgehead atoms. The predicted molar refractivity (Wildman–Crippen MR) is 96.4 cm³/mol. The summed E-state index contributed by atoms with van der Waals surface area (Å²) in [5, 5.41) is 3.03. The Morgan fingerprint density at radius 1 is 1.12 bits per heavy atom. The summed E-state index contributed by atoms with van der Waals surface area (Å²) in [6, 6.07) is 18.4. The summed E-state index contributed by atoms with van der Waals surface area (Å²) in [5.41, 5.74) is 2.67. The van der Waals surface area contributed by atoms with Crippen LogP contribution in [0.1, 0.15) is 43.7 Å². The van der Waals surface area contributed by atoms with E-state index in [1.165, 1.54) is 11.1 Å². The molecule has 1 saturated carbocycles. The van der Waals surface area contributed by atoms with Crippen molar-refractivity contribution in [3.63, 3.8) is 0 Å². The highest BCUT2D eigenvalue weighted by molar-refractivity contribution is 5.77. The van der Waals surface area contributed by atoms with E-state index in [1.807, 2.05) is 24.3 Å². The largest absolute Gasteiger partial charge is 0.484 e. The van der Waals surface area contributed by atoms with Gasteiger partial charge in [-0.3, -0.25) is 4.79 Å². The smallest absolute Gasteiger partial charge is 0.257 e. The average molecular weight is 323 g/mol. The molecule has 3 heteroatoms. The van der Waals surface area contributed by atoms with Crippen LogP contribution in [0.4, 0.5) is 0 Å². The predicted octanol–water partition coefficient (Wildman–Crippen LogP) is 4.04. The van der Waals surface area contributed by atoms with Crippen LogP contribution in [0.25, 0.3) is 0 Å². The van der Waals surface area contributed by atoms with E-state index in [2.05, 4.69) is 49.5 Å². The minimum Gasteiger partial charge on any atom is -0.484 e. The number of nitrogens with one attached hydrogen (secondary N) is 1. The van der Waals surface area contributed by atoms with Crippen LogP contribution >= 0.6 is 0 Å². The van der Waals surface area contributed by atoms with Gasteiger partial charge in [0.2, 0.25) is 0 Å². The summed E-state index contributed by atoms with van der Waals surface area (Å²) >= 11 is 0. The van der Waals surface area contributed by atoms with Gasteiger partial charge in [-0.05, 0) is 42.0 Å². The van der Waals surface area contributed by atoms with Gasteiger partial charge in [-0.2, -0.15) is 0 Å². The fourth-order valence-electron chi connectivity index (χ4n) is 2.94. The van der Waals surface area contributed by atoms with Crippen LogP contribution in [0.2, 0.25) is 0 Å². The van der Waals surface area contributed by atoms with Gasteiger partial charge in [0.05, 0.1) is 0 Å². The highest BCUT2D eigenvalue weighted by Gasteiger charge is 2.44. The van der Waals surface area contributed by atoms with E-state index in [1.54, 1.807) is 0 Å². The minimum atomic E-state index is -0.0628. The van der Waals surface area contributed by atoms with Gasteiger partial charge in [-0.1, -0.05) is 56.3 Å². The van der Waals surface area contributed by atoms with Crippen molar-refractivity contribution in [1.29, 1.82) is 0 Å². The van der Waals surface area contributed by atoms with Crippen LogP contribution in [-0.4, -0.2) is 19.1 Å². The summed E-state index contributed by atoms with van der Waals surface area (Å²) in [6.45, 7) is 5.03. The molecule has 1 N–H and O–H groups in total. The Morgan fingerprint density at radius 2 is 1.88 bits per heavy atom. The van der Waals surface area contributed by atoms with Gasteiger partial charge in [-0.15, -0.1) is 0 Å². The second-order valence-corrected chi connectivity index (χ2v) is 6.94. The van der Waals surface area contributed by atoms with E-state index >= 15 is 0 Å². The first-order valence-electron chi connectivity index (χ1n) is 8.64. The number of hydrogen-bond acceptors (Lipinski definition) is 2. The number of rotatable bonds is 7. The molecule has 3 nitrogen and oxygen atoms in total. The molecule has 0 spiro atoms. The maximum absolute atomic E-state index is 12.1. The second kappa shape index (κ2) is 7.08. The van der Waals surface area contributed by atoms with E-state index < -0.39 is 0 Å². The number of carbonyl (C=O) groups excluding carboxylic acids is 1. The van der Waals surface area contributed by atoms with Gasteiger partial charge >= 0.3 is 0 Å². The third kappa shape index (κ3) is 3.97. The maximum atomic E-state index is 12.1. The lowest BCUT2D eigenvalue weighted by Crippen LogP contribution is -2.35. The number of benzene rings is 2. The van der Waals surface area contributed by atoms with Gasteiger partial charge in [0.25, 0.3) is 5.91 Å². The van der Waals surface area contributed by atoms with Crippen molar-refractivity contribution in [3.8, 4) is 5.75 Å². The standard InChI is InChI=1S/C21H25NO2/c1-16(2)17-7-6-10-19(13-17)24-14-20(23)22-15-21(11-12-21)18-8-4-3-5-9-18/h3-10,13,16H,11-12,14-15H2,1-2H3,(H,22,23). The average Bonchev–Trinajstić information content (AvgIpc) is 3.40. The first-order chi connectivity index (χ1) is 11.6. The molecule has 1 amide bonds. The van der Waals surface area contributed by atoms with E-state index in [4.69, 9.17) is 4.74 Å². The molecule has 1 aliphatic carbocycles. The zero-order chi connectivity index (χ0) is 17.0. The molecule has 1 aliphatic rings. The lowest BCUT2D eigenvalue weighted by molar-refractivity contribution is -0.123. The lowest BCUT2D eigenvalue weighted by Gasteiger charge is -2.17. The fraction of sp³-hybridized carbons (Fsp3) is 0.381. The highest BCUT2D eigenvalue weighted by atomic mass is 16.5. The molecule has 1 fully saturated rings. The van der Waals surface area contributed by atoms with E-state index in [0.29, 0.717) is 12.5 Å². The number of carbonyl (C=O) groups is 1. The first-order valence-corrected chi connectivity index (χ1v) is 8.64. The molecule has 0 saturated heterocycles. The van der Waals surface area contributed by atoms with Crippen molar-refractivity contribution in [3.05, 3.63) is 65.7 Å². The molecule has 3 rings (SSSR count). The van der Waals surface area contributed by atoms with E-state index in [9.17, 15) is 4.79 Å². The van der Waals surface area contributed by atoms with Gasteiger partial charge in [0.1, 0.15) is 5.75 Å². The SMILES string of the molecule is CC(C)c1cccc(OCC(=O)NCC2(c3ccccc3)CC2)c1. The monoisotopic (exact) mass is 323 g/mol. The summed E-state index contributed by atoms with van der Waals surface area (Å²) in [5.74, 6) is 1.13. The molecule has 0 unspecified atom stereocenters. The zero-order valence-electron chi connectivity index (χ0n) is 14.4. The molecular weight excluding hydrogens is 298 g/mol. The number of amides is 1. The minimum absolute atomic E-state index is 0.0619. The van der Waals surface area contributed by atoms with E-state index in [-0.39, 0.29) is 17.9 Å². The van der Waals surface area contributed by atoms with Crippen LogP contribution in [0.15, 0.2) is 54.6 Å². The number of hydrogen-bond donors (Lipinski definition) is 1. The summed E-state index contributed by atoms with van der Waals surface area (Å²) in [4.78, 5) is 12.1. The second-order valence-electron chi connectivity index (χ2n) is 6.94. The summed E-state index contributed by atoms with van der Waals surface area (Å²) in [7, 11) is 0. The molecule has 2 aromatic carbocycles. The van der Waals surface area contributed by atoms with Crippen LogP contribution in [0.5, 0.6) is 5.75 Å². The van der Waals surface area contributed by atoms with Crippen molar-refractivity contribution in [1.82, 2.24) is 5.32 Å². The van der Waals surface area contributed by atoms with Crippen molar-refractivity contribution >= 4 is 5.91 Å². The van der Waals surface area contributed by atoms with Gasteiger partial charge < -0.3 is 10.1 Å². The molecule has 0 atom stereocenters. The highest BCUT2D eigenvalue weighted by Crippen LogP contribution is 2.47. The molecule has 0 heterocycles. The third-order valence-electron chi connectivity index (χ3n) is 4.76. The van der Waals surface area contributed by atoms with Gasteiger partial charge in [0, 0.05) is 12.0 Å². The first kappa shape index (κ1) is 16.6. The Kier molecular flexibility index (Phi) is 4.89. The third-order valence-corrected chi connectivity index (χ3v) is 4.76. The van der Waals surface area contributed by atoms with Crippen molar-refractivity contribution in [2.45, 2.75) is 38.0 Å². The van der Waals surface area contributed by atoms with Gasteiger partial charge in [0.15, 0.2) is 6.61 Å². The van der Waals surface area contributed by atoms with Crippen LogP contribution in [0.3, 0.4) is 0 Å². The van der Waals surface area contributed by atoms with Gasteiger partial charge in [-0.25, -0.2) is 0 Å². The Labute approximate surface area is 144 Å². The molecule has 126 valence electrons. The Balaban J connectivity index is 1.49. The van der Waals surface area contributed by atoms with Crippen LogP contribution in [0, 0.1) is 0 Å². The Morgan fingerprint density at radius 3 is 2.54 bits per heavy atom. The fourth-order valence-corrected chi connectivity index (χ4v) is 2.94. The molecular formula is C21H25NO2. The molecule has 2 aromatic rings. The summed E-state index contributed by atoms with van der Waals surface area (Å²) < 4.78 is 5.64. The molecule has 24 heavy (non-hydrogen) atoms. The molecule has 0 aliphatic heterocycles. The van der Waals surface area contributed by atoms with Crippen molar-refractivity contribution < 1.29 is 9.53 Å².